The van der Waals surface area contributed by atoms with Crippen molar-refractivity contribution in [2.75, 3.05) is 12.4 Å². The van der Waals surface area contributed by atoms with Gasteiger partial charge in [-0.05, 0) is 30.3 Å². The average Bonchev–Trinajstić information content (AvgIpc) is 2.73. The van der Waals surface area contributed by atoms with Gasteiger partial charge in [-0.2, -0.15) is 0 Å². The molecule has 2 N–H and O–H groups in total. The van der Waals surface area contributed by atoms with Gasteiger partial charge in [-0.3, -0.25) is 14.6 Å². The van der Waals surface area contributed by atoms with Crippen LogP contribution in [0.5, 0.6) is 5.75 Å². The summed E-state index contributed by atoms with van der Waals surface area (Å²) in [5.74, 6) is -0.793. The molecule has 3 rings (SSSR count). The van der Waals surface area contributed by atoms with E-state index in [0.29, 0.717) is 17.0 Å². The molecular formula is C21H18FN3O3. The van der Waals surface area contributed by atoms with Crippen molar-refractivity contribution in [3.05, 3.63) is 89.5 Å². The lowest BCUT2D eigenvalue weighted by Crippen LogP contribution is -2.25. The van der Waals surface area contributed by atoms with E-state index >= 15 is 0 Å². The number of nitrogens with zero attached hydrogens (tertiary/aromatic N) is 1. The van der Waals surface area contributed by atoms with E-state index in [9.17, 15) is 14.0 Å². The third-order valence-electron chi connectivity index (χ3n) is 4.01. The number of methoxy groups -OCH3 is 1. The zero-order valence-electron chi connectivity index (χ0n) is 15.1. The molecule has 0 atom stereocenters. The monoisotopic (exact) mass is 379 g/mol. The van der Waals surface area contributed by atoms with Gasteiger partial charge in [-0.25, -0.2) is 4.39 Å². The van der Waals surface area contributed by atoms with Gasteiger partial charge in [0.15, 0.2) is 0 Å². The summed E-state index contributed by atoms with van der Waals surface area (Å²) in [6, 6.07) is 16.0. The van der Waals surface area contributed by atoms with Gasteiger partial charge in [0.2, 0.25) is 0 Å². The van der Waals surface area contributed by atoms with Crippen molar-refractivity contribution in [1.82, 2.24) is 10.3 Å². The number of rotatable bonds is 6. The molecule has 1 heterocycles. The molecule has 2 aromatic carbocycles. The van der Waals surface area contributed by atoms with E-state index in [-0.39, 0.29) is 17.8 Å². The molecule has 0 aliphatic heterocycles. The summed E-state index contributed by atoms with van der Waals surface area (Å²) >= 11 is 0. The second-order valence-electron chi connectivity index (χ2n) is 5.86. The number of carbonyl (C=O) groups is 2. The molecule has 2 amide bonds. The average molecular weight is 379 g/mol. The Labute approximate surface area is 161 Å². The summed E-state index contributed by atoms with van der Waals surface area (Å²) < 4.78 is 18.9. The number of pyridine rings is 1. The number of para-hydroxylation sites is 2. The summed E-state index contributed by atoms with van der Waals surface area (Å²) in [6.45, 7) is 0.0187. The van der Waals surface area contributed by atoms with Crippen molar-refractivity contribution >= 4 is 17.5 Å². The van der Waals surface area contributed by atoms with Gasteiger partial charge in [0.25, 0.3) is 11.8 Å². The first-order valence-electron chi connectivity index (χ1n) is 8.50. The lowest BCUT2D eigenvalue weighted by Gasteiger charge is -2.10. The number of nitrogens with one attached hydrogen (secondary N) is 2. The highest BCUT2D eigenvalue weighted by Gasteiger charge is 2.14. The maximum absolute atomic E-state index is 13.7. The van der Waals surface area contributed by atoms with Crippen molar-refractivity contribution in [2.24, 2.45) is 0 Å². The first-order chi connectivity index (χ1) is 13.6. The van der Waals surface area contributed by atoms with E-state index in [0.717, 1.165) is 0 Å². The summed E-state index contributed by atoms with van der Waals surface area (Å²) in [5, 5.41) is 5.33. The fraction of sp³-hybridized carbons (Fsp3) is 0.0952. The van der Waals surface area contributed by atoms with E-state index in [1.165, 1.54) is 31.5 Å². The van der Waals surface area contributed by atoms with Gasteiger partial charge >= 0.3 is 0 Å². The number of benzene rings is 2. The van der Waals surface area contributed by atoms with Gasteiger partial charge < -0.3 is 15.4 Å². The Balaban J connectivity index is 1.70. The smallest absolute Gasteiger partial charge is 0.270 e. The summed E-state index contributed by atoms with van der Waals surface area (Å²) in [5.41, 5.74) is 1.19. The minimum Gasteiger partial charge on any atom is -0.495 e. The summed E-state index contributed by atoms with van der Waals surface area (Å²) in [7, 11) is 1.51. The van der Waals surface area contributed by atoms with Crippen molar-refractivity contribution in [1.29, 1.82) is 0 Å². The van der Waals surface area contributed by atoms with E-state index in [1.54, 1.807) is 42.5 Å². The maximum Gasteiger partial charge on any atom is 0.270 e. The van der Waals surface area contributed by atoms with Crippen molar-refractivity contribution < 1.29 is 18.7 Å². The van der Waals surface area contributed by atoms with E-state index < -0.39 is 17.6 Å². The number of aromatic nitrogens is 1. The van der Waals surface area contributed by atoms with E-state index in [1.807, 2.05) is 0 Å². The maximum atomic E-state index is 13.7. The van der Waals surface area contributed by atoms with Crippen LogP contribution in [-0.2, 0) is 6.54 Å². The number of hydrogen-bond donors (Lipinski definition) is 2. The highest BCUT2D eigenvalue weighted by atomic mass is 19.1. The lowest BCUT2D eigenvalue weighted by atomic mass is 10.2. The molecule has 1 aromatic heterocycles. The molecular weight excluding hydrogens is 361 g/mol. The zero-order valence-corrected chi connectivity index (χ0v) is 15.1. The molecule has 7 heteroatoms. The third-order valence-corrected chi connectivity index (χ3v) is 4.01. The van der Waals surface area contributed by atoms with Crippen LogP contribution in [0.4, 0.5) is 10.1 Å². The second kappa shape index (κ2) is 8.77. The highest BCUT2D eigenvalue weighted by molar-refractivity contribution is 6.06. The van der Waals surface area contributed by atoms with Crippen LogP contribution >= 0.6 is 0 Å². The molecule has 6 nitrogen and oxygen atoms in total. The van der Waals surface area contributed by atoms with Crippen molar-refractivity contribution in [3.8, 4) is 5.75 Å². The first kappa shape index (κ1) is 19.0. The number of hydrogen-bond acceptors (Lipinski definition) is 4. The van der Waals surface area contributed by atoms with Crippen molar-refractivity contribution in [3.63, 3.8) is 0 Å². The van der Waals surface area contributed by atoms with Crippen LogP contribution in [0.1, 0.15) is 26.4 Å². The highest BCUT2D eigenvalue weighted by Crippen LogP contribution is 2.23. The van der Waals surface area contributed by atoms with Crippen LogP contribution in [0.25, 0.3) is 0 Å². The van der Waals surface area contributed by atoms with Gasteiger partial charge in [0, 0.05) is 23.9 Å². The first-order valence-corrected chi connectivity index (χ1v) is 8.50. The van der Waals surface area contributed by atoms with Gasteiger partial charge in [0.05, 0.1) is 12.8 Å². The predicted octanol–water partition coefficient (Wildman–Crippen LogP) is 3.41. The van der Waals surface area contributed by atoms with Gasteiger partial charge in [-0.1, -0.05) is 30.3 Å². The van der Waals surface area contributed by atoms with Gasteiger partial charge in [-0.15, -0.1) is 0 Å². The minimum absolute atomic E-state index is 0.0187. The Bertz CT molecular complexity index is 1010. The quantitative estimate of drug-likeness (QED) is 0.688. The molecule has 3 aromatic rings. The summed E-state index contributed by atoms with van der Waals surface area (Å²) in [4.78, 5) is 28.8. The van der Waals surface area contributed by atoms with Crippen molar-refractivity contribution in [2.45, 2.75) is 6.54 Å². The van der Waals surface area contributed by atoms with Crippen LogP contribution in [0, 0.1) is 5.82 Å². The summed E-state index contributed by atoms with van der Waals surface area (Å²) in [6.07, 6.45) is 1.37. The molecule has 28 heavy (non-hydrogen) atoms. The van der Waals surface area contributed by atoms with Crippen LogP contribution in [0.2, 0.25) is 0 Å². The fourth-order valence-corrected chi connectivity index (χ4v) is 2.55. The topological polar surface area (TPSA) is 80.3 Å². The number of carbonyl (C=O) groups excluding carboxylic acids is 2. The fourth-order valence-electron chi connectivity index (χ4n) is 2.55. The third kappa shape index (κ3) is 4.50. The Morgan fingerprint density at radius 1 is 1.04 bits per heavy atom. The molecule has 0 aliphatic carbocycles. The number of amides is 2. The molecule has 0 saturated carbocycles. The van der Waals surface area contributed by atoms with Crippen LogP contribution in [0.15, 0.2) is 66.9 Å². The largest absolute Gasteiger partial charge is 0.495 e. The zero-order chi connectivity index (χ0) is 19.9. The Kier molecular flexibility index (Phi) is 5.96. The van der Waals surface area contributed by atoms with Crippen LogP contribution in [-0.4, -0.2) is 23.9 Å². The normalized spacial score (nSPS) is 10.2. The van der Waals surface area contributed by atoms with Crippen LogP contribution in [0.3, 0.4) is 0 Å². The van der Waals surface area contributed by atoms with E-state index in [2.05, 4.69) is 15.6 Å². The lowest BCUT2D eigenvalue weighted by molar-refractivity contribution is 0.0945. The molecule has 0 fully saturated rings. The number of anilines is 1. The van der Waals surface area contributed by atoms with Crippen LogP contribution < -0.4 is 15.4 Å². The molecule has 0 saturated heterocycles. The Morgan fingerprint density at radius 2 is 1.79 bits per heavy atom. The SMILES string of the molecule is COc1ccccc1NC(=O)c1ccnc(C(=O)NCc2ccccc2F)c1. The molecule has 0 spiro atoms. The standard InChI is InChI=1S/C21H18FN3O3/c1-28-19-9-5-4-8-17(19)25-20(26)14-10-11-23-18(12-14)21(27)24-13-15-6-2-3-7-16(15)22/h2-12H,13H2,1H3,(H,24,27)(H,25,26). The molecule has 142 valence electrons. The Morgan fingerprint density at radius 3 is 2.57 bits per heavy atom. The molecule has 0 unspecified atom stereocenters. The number of halogens is 1. The molecule has 0 aliphatic rings. The Hall–Kier alpha value is -3.74. The van der Waals surface area contributed by atoms with E-state index in [4.69, 9.17) is 4.74 Å². The molecule has 0 bridgehead atoms. The number of ether oxygens (including phenoxy) is 1. The van der Waals surface area contributed by atoms with Gasteiger partial charge in [0.1, 0.15) is 17.3 Å². The second-order valence-corrected chi connectivity index (χ2v) is 5.86. The molecule has 0 radical (unpaired) electrons. The minimum atomic E-state index is -0.504. The predicted molar refractivity (Wildman–Crippen MR) is 103 cm³/mol.